The first kappa shape index (κ1) is 8.32. The maximum atomic E-state index is 2.32. The molecule has 0 amide bonds. The number of hydrogen-bond donors (Lipinski definition) is 0. The summed E-state index contributed by atoms with van der Waals surface area (Å²) in [5, 5.41) is 0. The fourth-order valence-corrected chi connectivity index (χ4v) is 1.19. The third kappa shape index (κ3) is 2.07. The minimum absolute atomic E-state index is 0.725. The Balaban J connectivity index is 2.71. The van der Waals surface area contributed by atoms with Gasteiger partial charge in [-0.15, -0.1) is 0 Å². The summed E-state index contributed by atoms with van der Waals surface area (Å²) in [6.07, 6.45) is 10.2. The number of hydrogen-bond acceptors (Lipinski definition) is 0. The van der Waals surface area contributed by atoms with Crippen molar-refractivity contribution in [1.29, 1.82) is 0 Å². The van der Waals surface area contributed by atoms with Crippen LogP contribution in [0.5, 0.6) is 0 Å². The quantitative estimate of drug-likeness (QED) is 0.534. The summed E-state index contributed by atoms with van der Waals surface area (Å²) >= 11 is 0. The lowest BCUT2D eigenvalue weighted by atomic mass is 9.95. The van der Waals surface area contributed by atoms with Crippen LogP contribution in [-0.4, -0.2) is 0 Å². The van der Waals surface area contributed by atoms with Crippen molar-refractivity contribution in [3.8, 4) is 0 Å². The van der Waals surface area contributed by atoms with E-state index < -0.39 is 0 Å². The van der Waals surface area contributed by atoms with Gasteiger partial charge in [-0.25, -0.2) is 0 Å². The molecule has 0 heteroatoms. The summed E-state index contributed by atoms with van der Waals surface area (Å²) in [5.74, 6) is 0.725. The molecule has 0 heterocycles. The Hall–Kier alpha value is -0.780. The van der Waals surface area contributed by atoms with Crippen LogP contribution in [0.15, 0.2) is 35.5 Å². The molecule has 0 N–H and O–H groups in total. The van der Waals surface area contributed by atoms with Crippen molar-refractivity contribution >= 4 is 0 Å². The molecule has 0 nitrogen and oxygen atoms in total. The van der Waals surface area contributed by atoms with Crippen molar-refractivity contribution < 1.29 is 0 Å². The maximum absolute atomic E-state index is 2.32. The zero-order chi connectivity index (χ0) is 8.27. The van der Waals surface area contributed by atoms with E-state index in [0.29, 0.717) is 0 Å². The number of allylic oxidation sites excluding steroid dienone is 6. The highest BCUT2D eigenvalue weighted by molar-refractivity contribution is 5.39. The van der Waals surface area contributed by atoms with Gasteiger partial charge in [-0.3, -0.25) is 0 Å². The summed E-state index contributed by atoms with van der Waals surface area (Å²) in [5.41, 5.74) is 2.78. The molecule has 0 radical (unpaired) electrons. The van der Waals surface area contributed by atoms with Gasteiger partial charge in [0, 0.05) is 0 Å². The average molecular weight is 148 g/mol. The lowest BCUT2D eigenvalue weighted by Crippen LogP contribution is -1.94. The molecular weight excluding hydrogens is 132 g/mol. The minimum atomic E-state index is 0.725. The van der Waals surface area contributed by atoms with Crippen LogP contribution in [0.2, 0.25) is 0 Å². The largest absolute Gasteiger partial charge is 0.0841 e. The topological polar surface area (TPSA) is 0 Å². The lowest BCUT2D eigenvalue weighted by molar-refractivity contribution is 0.732. The summed E-state index contributed by atoms with van der Waals surface area (Å²) < 4.78 is 0. The maximum Gasteiger partial charge on any atom is -0.0224 e. The summed E-state index contributed by atoms with van der Waals surface area (Å²) in [7, 11) is 0. The van der Waals surface area contributed by atoms with Gasteiger partial charge >= 0.3 is 0 Å². The van der Waals surface area contributed by atoms with E-state index in [2.05, 4.69) is 45.1 Å². The zero-order valence-corrected chi connectivity index (χ0v) is 7.59. The summed E-state index contributed by atoms with van der Waals surface area (Å²) in [6.45, 7) is 6.49. The highest BCUT2D eigenvalue weighted by atomic mass is 14.1. The second-order valence-corrected chi connectivity index (χ2v) is 3.20. The highest BCUT2D eigenvalue weighted by Crippen LogP contribution is 2.20. The van der Waals surface area contributed by atoms with Crippen molar-refractivity contribution in [2.45, 2.75) is 27.2 Å². The summed E-state index contributed by atoms with van der Waals surface area (Å²) in [6, 6.07) is 0. The molecule has 0 bridgehead atoms. The molecule has 11 heavy (non-hydrogen) atoms. The van der Waals surface area contributed by atoms with Gasteiger partial charge in [0.05, 0.1) is 0 Å². The normalized spacial score (nSPS) is 25.2. The van der Waals surface area contributed by atoms with E-state index in [1.54, 1.807) is 0 Å². The van der Waals surface area contributed by atoms with Gasteiger partial charge < -0.3 is 0 Å². The molecule has 0 aliphatic heterocycles. The van der Waals surface area contributed by atoms with Crippen LogP contribution in [-0.2, 0) is 0 Å². The molecule has 1 atom stereocenters. The molecule has 0 saturated carbocycles. The van der Waals surface area contributed by atoms with Crippen molar-refractivity contribution in [2.24, 2.45) is 5.92 Å². The van der Waals surface area contributed by atoms with Gasteiger partial charge in [0.1, 0.15) is 0 Å². The highest BCUT2D eigenvalue weighted by Gasteiger charge is 2.03. The van der Waals surface area contributed by atoms with Gasteiger partial charge in [0.2, 0.25) is 0 Å². The molecule has 1 rings (SSSR count). The van der Waals surface area contributed by atoms with Crippen molar-refractivity contribution in [3.63, 3.8) is 0 Å². The standard InChI is InChI=1S/C11H16/c1-4-10(3)11-7-5-9(2)6-8-11/h4-5,7-9H,6H2,1-3H3/b10-4+. The van der Waals surface area contributed by atoms with E-state index in [-0.39, 0.29) is 0 Å². The Morgan fingerprint density at radius 2 is 2.36 bits per heavy atom. The molecular formula is C11H16. The Morgan fingerprint density at radius 3 is 2.82 bits per heavy atom. The van der Waals surface area contributed by atoms with Crippen LogP contribution in [0.3, 0.4) is 0 Å². The third-order valence-corrected chi connectivity index (χ3v) is 2.20. The van der Waals surface area contributed by atoms with Gasteiger partial charge in [0.25, 0.3) is 0 Å². The zero-order valence-electron chi connectivity index (χ0n) is 7.59. The molecule has 60 valence electrons. The predicted molar refractivity (Wildman–Crippen MR) is 50.4 cm³/mol. The molecule has 0 saturated heterocycles. The second kappa shape index (κ2) is 3.56. The molecule has 1 unspecified atom stereocenters. The van der Waals surface area contributed by atoms with Crippen LogP contribution in [0, 0.1) is 5.92 Å². The number of rotatable bonds is 1. The Kier molecular flexibility index (Phi) is 2.70. The van der Waals surface area contributed by atoms with E-state index in [4.69, 9.17) is 0 Å². The van der Waals surface area contributed by atoms with Crippen LogP contribution in [0.4, 0.5) is 0 Å². The van der Waals surface area contributed by atoms with Crippen LogP contribution in [0.1, 0.15) is 27.2 Å². The van der Waals surface area contributed by atoms with E-state index in [9.17, 15) is 0 Å². The molecule has 0 fully saturated rings. The first-order chi connectivity index (χ1) is 5.24. The van der Waals surface area contributed by atoms with Crippen molar-refractivity contribution in [3.05, 3.63) is 35.5 Å². The molecule has 0 aromatic heterocycles. The van der Waals surface area contributed by atoms with E-state index in [1.807, 2.05) is 0 Å². The predicted octanol–water partition coefficient (Wildman–Crippen LogP) is 3.48. The molecule has 0 aromatic rings. The SMILES string of the molecule is C/C=C(\C)C1=CCC(C)C=C1. The van der Waals surface area contributed by atoms with Crippen LogP contribution in [0.25, 0.3) is 0 Å². The van der Waals surface area contributed by atoms with Crippen LogP contribution >= 0.6 is 0 Å². The molecule has 1 aliphatic rings. The van der Waals surface area contributed by atoms with Crippen molar-refractivity contribution in [1.82, 2.24) is 0 Å². The second-order valence-electron chi connectivity index (χ2n) is 3.20. The third-order valence-electron chi connectivity index (χ3n) is 2.20. The molecule has 0 spiro atoms. The monoisotopic (exact) mass is 148 g/mol. The fourth-order valence-electron chi connectivity index (χ4n) is 1.19. The van der Waals surface area contributed by atoms with E-state index >= 15 is 0 Å². The van der Waals surface area contributed by atoms with Crippen LogP contribution < -0.4 is 0 Å². The van der Waals surface area contributed by atoms with Gasteiger partial charge in [-0.05, 0) is 37.3 Å². The Labute approximate surface area is 69.3 Å². The van der Waals surface area contributed by atoms with Gasteiger partial charge in [-0.1, -0.05) is 31.2 Å². The van der Waals surface area contributed by atoms with Gasteiger partial charge in [0.15, 0.2) is 0 Å². The summed E-state index contributed by atoms with van der Waals surface area (Å²) in [4.78, 5) is 0. The molecule has 1 aliphatic carbocycles. The fraction of sp³-hybridized carbons (Fsp3) is 0.455. The smallest absolute Gasteiger partial charge is 0.0224 e. The van der Waals surface area contributed by atoms with Crippen molar-refractivity contribution in [2.75, 3.05) is 0 Å². The first-order valence-corrected chi connectivity index (χ1v) is 4.25. The Morgan fingerprint density at radius 1 is 1.64 bits per heavy atom. The minimum Gasteiger partial charge on any atom is -0.0841 e. The molecule has 0 aromatic carbocycles. The van der Waals surface area contributed by atoms with E-state index in [1.165, 1.54) is 17.6 Å². The van der Waals surface area contributed by atoms with Gasteiger partial charge in [-0.2, -0.15) is 0 Å². The lowest BCUT2D eigenvalue weighted by Gasteiger charge is -2.11. The first-order valence-electron chi connectivity index (χ1n) is 4.25. The average Bonchev–Trinajstić information content (AvgIpc) is 2.05. The Bertz CT molecular complexity index is 216. The van der Waals surface area contributed by atoms with E-state index in [0.717, 1.165) is 5.92 Å².